The number of sulfonamides is 1. The molecule has 0 spiro atoms. The normalized spacial score (nSPS) is 12.3. The molecule has 0 heterocycles. The van der Waals surface area contributed by atoms with Crippen LogP contribution >= 0.6 is 0 Å². The van der Waals surface area contributed by atoms with Gasteiger partial charge < -0.3 is 19.7 Å². The monoisotopic (exact) mass is 595 g/mol. The Bertz CT molecular complexity index is 1490. The molecule has 1 N–H and O–H groups in total. The van der Waals surface area contributed by atoms with Gasteiger partial charge in [-0.2, -0.15) is 0 Å². The van der Waals surface area contributed by atoms with Crippen molar-refractivity contribution < 1.29 is 27.5 Å². The summed E-state index contributed by atoms with van der Waals surface area (Å²) in [4.78, 5) is 29.2. The summed E-state index contributed by atoms with van der Waals surface area (Å²) in [5, 5.41) is 2.98. The standard InChI is InChI=1S/C32H41N3O6S/c1-8-27(31(37)33-32(3,4)5)34(21-24-14-12-13-23(2)19-24)30(36)22-35(42(38,39)26-15-10-9-11-16-26)28-20-25(40-6)17-18-29(28)41-7/h9-20,27H,8,21-22H2,1-7H3,(H,33,37). The molecule has 0 saturated heterocycles. The zero-order valence-corrected chi connectivity index (χ0v) is 26.2. The third-order valence-corrected chi connectivity index (χ3v) is 8.36. The fraction of sp³-hybridized carbons (Fsp3) is 0.375. The molecule has 226 valence electrons. The van der Waals surface area contributed by atoms with E-state index in [1.165, 1.54) is 37.3 Å². The van der Waals surface area contributed by atoms with E-state index in [0.29, 0.717) is 12.2 Å². The van der Waals surface area contributed by atoms with Crippen molar-refractivity contribution in [1.29, 1.82) is 0 Å². The number of anilines is 1. The van der Waals surface area contributed by atoms with E-state index in [1.54, 1.807) is 30.3 Å². The van der Waals surface area contributed by atoms with Crippen LogP contribution < -0.4 is 19.1 Å². The van der Waals surface area contributed by atoms with E-state index < -0.39 is 34.1 Å². The largest absolute Gasteiger partial charge is 0.497 e. The van der Waals surface area contributed by atoms with E-state index in [2.05, 4.69) is 5.32 Å². The lowest BCUT2D eigenvalue weighted by molar-refractivity contribution is -0.141. The molecule has 3 aromatic rings. The number of nitrogens with zero attached hydrogens (tertiary/aromatic N) is 2. The van der Waals surface area contributed by atoms with Gasteiger partial charge in [0.15, 0.2) is 0 Å². The van der Waals surface area contributed by atoms with E-state index in [4.69, 9.17) is 9.47 Å². The average molecular weight is 596 g/mol. The molecule has 10 heteroatoms. The summed E-state index contributed by atoms with van der Waals surface area (Å²) >= 11 is 0. The van der Waals surface area contributed by atoms with Gasteiger partial charge in [-0.15, -0.1) is 0 Å². The topological polar surface area (TPSA) is 105 Å². The summed E-state index contributed by atoms with van der Waals surface area (Å²) in [5.41, 5.74) is 1.43. The number of aryl methyl sites for hydroxylation is 1. The molecule has 0 aromatic heterocycles. The van der Waals surface area contributed by atoms with E-state index in [1.807, 2.05) is 58.9 Å². The Morgan fingerprint density at radius 2 is 1.62 bits per heavy atom. The summed E-state index contributed by atoms with van der Waals surface area (Å²) in [5.74, 6) is -0.232. The van der Waals surface area contributed by atoms with Crippen LogP contribution in [0.3, 0.4) is 0 Å². The van der Waals surface area contributed by atoms with Gasteiger partial charge in [0.2, 0.25) is 11.8 Å². The van der Waals surface area contributed by atoms with Crippen molar-refractivity contribution in [2.24, 2.45) is 0 Å². The van der Waals surface area contributed by atoms with E-state index in [0.717, 1.165) is 15.4 Å². The Morgan fingerprint density at radius 1 is 0.929 bits per heavy atom. The molecule has 3 rings (SSSR count). The van der Waals surface area contributed by atoms with Crippen LogP contribution in [0.5, 0.6) is 11.5 Å². The summed E-state index contributed by atoms with van der Waals surface area (Å²) in [6.45, 7) is 8.92. The summed E-state index contributed by atoms with van der Waals surface area (Å²) in [7, 11) is -1.36. The molecular weight excluding hydrogens is 554 g/mol. The third-order valence-electron chi connectivity index (χ3n) is 6.58. The highest BCUT2D eigenvalue weighted by atomic mass is 32.2. The lowest BCUT2D eigenvalue weighted by atomic mass is 10.0. The van der Waals surface area contributed by atoms with Gasteiger partial charge in [0.1, 0.15) is 24.1 Å². The van der Waals surface area contributed by atoms with Crippen LogP contribution in [-0.4, -0.2) is 57.5 Å². The fourth-order valence-corrected chi connectivity index (χ4v) is 6.04. The van der Waals surface area contributed by atoms with Crippen molar-refractivity contribution in [1.82, 2.24) is 10.2 Å². The van der Waals surface area contributed by atoms with Gasteiger partial charge in [-0.05, 0) is 63.9 Å². The van der Waals surface area contributed by atoms with Crippen molar-refractivity contribution in [2.45, 2.75) is 64.1 Å². The molecule has 0 bridgehead atoms. The predicted octanol–water partition coefficient (Wildman–Crippen LogP) is 4.93. The smallest absolute Gasteiger partial charge is 0.264 e. The zero-order chi connectivity index (χ0) is 31.1. The van der Waals surface area contributed by atoms with Crippen LogP contribution in [0.25, 0.3) is 0 Å². The van der Waals surface area contributed by atoms with Crippen molar-refractivity contribution >= 4 is 27.5 Å². The number of benzene rings is 3. The highest BCUT2D eigenvalue weighted by Crippen LogP contribution is 2.36. The first-order chi connectivity index (χ1) is 19.8. The molecule has 3 aromatic carbocycles. The first kappa shape index (κ1) is 32.5. The van der Waals surface area contributed by atoms with Crippen LogP contribution in [0.2, 0.25) is 0 Å². The number of rotatable bonds is 12. The van der Waals surface area contributed by atoms with Crippen LogP contribution in [0.1, 0.15) is 45.2 Å². The maximum atomic E-state index is 14.3. The van der Waals surface area contributed by atoms with Crippen LogP contribution in [0.4, 0.5) is 5.69 Å². The van der Waals surface area contributed by atoms with Crippen LogP contribution in [-0.2, 0) is 26.2 Å². The summed E-state index contributed by atoms with van der Waals surface area (Å²) in [6.07, 6.45) is 0.327. The number of ether oxygens (including phenoxy) is 2. The Kier molecular flexibility index (Phi) is 10.6. The molecule has 0 aliphatic heterocycles. The Hall–Kier alpha value is -4.05. The molecular formula is C32H41N3O6S. The summed E-state index contributed by atoms with van der Waals surface area (Å²) < 4.78 is 40.1. The average Bonchev–Trinajstić information content (AvgIpc) is 2.94. The lowest BCUT2D eigenvalue weighted by Crippen LogP contribution is -2.55. The Balaban J connectivity index is 2.15. The molecule has 42 heavy (non-hydrogen) atoms. The van der Waals surface area contributed by atoms with Crippen molar-refractivity contribution in [3.63, 3.8) is 0 Å². The maximum Gasteiger partial charge on any atom is 0.264 e. The number of amides is 2. The highest BCUT2D eigenvalue weighted by Gasteiger charge is 2.35. The number of carbonyl (C=O) groups excluding carboxylic acids is 2. The van der Waals surface area contributed by atoms with Crippen molar-refractivity contribution in [3.05, 3.63) is 83.9 Å². The van der Waals surface area contributed by atoms with Gasteiger partial charge >= 0.3 is 0 Å². The number of hydrogen-bond acceptors (Lipinski definition) is 6. The molecule has 1 atom stereocenters. The van der Waals surface area contributed by atoms with Crippen molar-refractivity contribution in [2.75, 3.05) is 25.1 Å². The van der Waals surface area contributed by atoms with Gasteiger partial charge in [-0.25, -0.2) is 8.42 Å². The second-order valence-electron chi connectivity index (χ2n) is 11.0. The minimum Gasteiger partial charge on any atom is -0.497 e. The minimum absolute atomic E-state index is 0.00502. The summed E-state index contributed by atoms with van der Waals surface area (Å²) in [6, 6.07) is 19.4. The Morgan fingerprint density at radius 3 is 2.19 bits per heavy atom. The SMILES string of the molecule is CCC(C(=O)NC(C)(C)C)N(Cc1cccc(C)c1)C(=O)CN(c1cc(OC)ccc1OC)S(=O)(=O)c1ccccc1. The number of methoxy groups -OCH3 is 2. The van der Waals surface area contributed by atoms with Gasteiger partial charge in [-0.1, -0.05) is 55.0 Å². The first-order valence-corrected chi connectivity index (χ1v) is 15.2. The number of carbonyl (C=O) groups is 2. The highest BCUT2D eigenvalue weighted by molar-refractivity contribution is 7.92. The molecule has 0 radical (unpaired) electrons. The minimum atomic E-state index is -4.25. The van der Waals surface area contributed by atoms with Gasteiger partial charge in [-0.3, -0.25) is 13.9 Å². The van der Waals surface area contributed by atoms with Crippen molar-refractivity contribution in [3.8, 4) is 11.5 Å². The molecule has 2 amide bonds. The third kappa shape index (κ3) is 8.03. The van der Waals surface area contributed by atoms with E-state index in [9.17, 15) is 18.0 Å². The van der Waals surface area contributed by atoms with Crippen LogP contribution in [0.15, 0.2) is 77.7 Å². The number of hydrogen-bond donors (Lipinski definition) is 1. The van der Waals surface area contributed by atoms with Crippen LogP contribution in [0, 0.1) is 6.92 Å². The van der Waals surface area contributed by atoms with Gasteiger partial charge in [0.05, 0.1) is 24.8 Å². The second kappa shape index (κ2) is 13.7. The molecule has 0 fully saturated rings. The van der Waals surface area contributed by atoms with Gasteiger partial charge in [0, 0.05) is 18.2 Å². The molecule has 0 aliphatic rings. The predicted molar refractivity (Wildman–Crippen MR) is 164 cm³/mol. The maximum absolute atomic E-state index is 14.3. The van der Waals surface area contributed by atoms with Gasteiger partial charge in [0.25, 0.3) is 10.0 Å². The van der Waals surface area contributed by atoms with E-state index in [-0.39, 0.29) is 28.8 Å². The molecule has 0 saturated carbocycles. The molecule has 1 unspecified atom stereocenters. The first-order valence-electron chi connectivity index (χ1n) is 13.8. The molecule has 9 nitrogen and oxygen atoms in total. The number of nitrogens with one attached hydrogen (secondary N) is 1. The molecule has 0 aliphatic carbocycles. The Labute approximate surface area is 249 Å². The fourth-order valence-electron chi connectivity index (χ4n) is 4.60. The zero-order valence-electron chi connectivity index (χ0n) is 25.4. The second-order valence-corrected chi connectivity index (χ2v) is 12.9. The quantitative estimate of drug-likeness (QED) is 0.318. The lowest BCUT2D eigenvalue weighted by Gasteiger charge is -2.35. The van der Waals surface area contributed by atoms with E-state index >= 15 is 0 Å².